The van der Waals surface area contributed by atoms with E-state index in [0.29, 0.717) is 30.0 Å². The summed E-state index contributed by atoms with van der Waals surface area (Å²) in [7, 11) is 0. The number of hydrazine groups is 1. The van der Waals surface area contributed by atoms with Gasteiger partial charge in [0.2, 0.25) is 0 Å². The monoisotopic (exact) mass is 288 g/mol. The molecule has 1 heterocycles. The van der Waals surface area contributed by atoms with Crippen molar-refractivity contribution in [3.05, 3.63) is 36.0 Å². The smallest absolute Gasteiger partial charge is 0.272 e. The predicted octanol–water partition coefficient (Wildman–Crippen LogP) is 1.36. The van der Waals surface area contributed by atoms with Crippen molar-refractivity contribution in [3.8, 4) is 0 Å². The van der Waals surface area contributed by atoms with E-state index in [9.17, 15) is 4.79 Å². The van der Waals surface area contributed by atoms with Crippen LogP contribution in [0.2, 0.25) is 0 Å². The number of hydrogen-bond acceptors (Lipinski definition) is 5. The van der Waals surface area contributed by atoms with Crippen molar-refractivity contribution in [2.24, 2.45) is 5.84 Å². The molecule has 0 radical (unpaired) electrons. The van der Waals surface area contributed by atoms with Gasteiger partial charge in [0.25, 0.3) is 5.91 Å². The molecule has 0 aliphatic heterocycles. The number of aliphatic hydroxyl groups excluding tert-OH is 1. The highest BCUT2D eigenvalue weighted by atomic mass is 16.3. The van der Waals surface area contributed by atoms with Crippen LogP contribution in [-0.2, 0) is 0 Å². The molecule has 21 heavy (non-hydrogen) atoms. The zero-order valence-electron chi connectivity index (χ0n) is 12.0. The average Bonchev–Trinajstić information content (AvgIpc) is 2.52. The summed E-state index contributed by atoms with van der Waals surface area (Å²) in [6.45, 7) is 2.80. The van der Waals surface area contributed by atoms with E-state index in [1.807, 2.05) is 31.2 Å². The van der Waals surface area contributed by atoms with Crippen LogP contribution in [0.5, 0.6) is 0 Å². The van der Waals surface area contributed by atoms with Crippen molar-refractivity contribution < 1.29 is 9.90 Å². The second kappa shape index (κ2) is 7.01. The van der Waals surface area contributed by atoms with Gasteiger partial charge in [0.05, 0.1) is 17.8 Å². The highest BCUT2D eigenvalue weighted by molar-refractivity contribution is 5.99. The van der Waals surface area contributed by atoms with Crippen LogP contribution in [-0.4, -0.2) is 40.6 Å². The van der Waals surface area contributed by atoms with Crippen LogP contribution in [0.3, 0.4) is 0 Å². The SMILES string of the molecule is CCCN(CCO)C(=O)c1cc(NN)c2ccccc2n1. The third-order valence-corrected chi connectivity index (χ3v) is 3.24. The Balaban J connectivity index is 2.43. The molecule has 0 aliphatic carbocycles. The van der Waals surface area contributed by atoms with Crippen molar-refractivity contribution in [2.75, 3.05) is 25.1 Å². The molecule has 0 saturated carbocycles. The zero-order chi connectivity index (χ0) is 15.2. The van der Waals surface area contributed by atoms with Gasteiger partial charge in [-0.25, -0.2) is 4.98 Å². The van der Waals surface area contributed by atoms with Gasteiger partial charge >= 0.3 is 0 Å². The summed E-state index contributed by atoms with van der Waals surface area (Å²) in [5.74, 6) is 5.33. The van der Waals surface area contributed by atoms with Crippen LogP contribution in [0.1, 0.15) is 23.8 Å². The highest BCUT2D eigenvalue weighted by Crippen LogP contribution is 2.22. The van der Waals surface area contributed by atoms with E-state index in [2.05, 4.69) is 10.4 Å². The molecule has 2 aromatic rings. The summed E-state index contributed by atoms with van der Waals surface area (Å²) < 4.78 is 0. The number of nitrogens with two attached hydrogens (primary N) is 1. The maximum Gasteiger partial charge on any atom is 0.272 e. The molecule has 0 bridgehead atoms. The van der Waals surface area contributed by atoms with Crippen molar-refractivity contribution in [2.45, 2.75) is 13.3 Å². The van der Waals surface area contributed by atoms with E-state index in [4.69, 9.17) is 10.9 Å². The minimum Gasteiger partial charge on any atom is -0.395 e. The lowest BCUT2D eigenvalue weighted by Gasteiger charge is -2.21. The Bertz CT molecular complexity index is 624. The fourth-order valence-electron chi connectivity index (χ4n) is 2.27. The standard InChI is InChI=1S/C15H20N4O2/c1-2-7-19(8-9-20)15(21)14-10-13(18-16)11-5-3-4-6-12(11)17-14/h3-6,10,20H,2,7-9,16H2,1H3,(H,17,18). The molecule has 0 aliphatic rings. The van der Waals surface area contributed by atoms with Crippen molar-refractivity contribution in [3.63, 3.8) is 0 Å². The Morgan fingerprint density at radius 3 is 2.81 bits per heavy atom. The van der Waals surface area contributed by atoms with E-state index in [1.54, 1.807) is 11.0 Å². The lowest BCUT2D eigenvalue weighted by molar-refractivity contribution is 0.0716. The van der Waals surface area contributed by atoms with Crippen LogP contribution in [0.15, 0.2) is 30.3 Å². The summed E-state index contributed by atoms with van der Waals surface area (Å²) >= 11 is 0. The molecule has 0 fully saturated rings. The lowest BCUT2D eigenvalue weighted by Crippen LogP contribution is -2.34. The number of pyridine rings is 1. The van der Waals surface area contributed by atoms with Crippen molar-refractivity contribution in [1.82, 2.24) is 9.88 Å². The van der Waals surface area contributed by atoms with Crippen LogP contribution < -0.4 is 11.3 Å². The number of amides is 1. The number of rotatable bonds is 6. The molecule has 6 heteroatoms. The molecule has 0 saturated heterocycles. The van der Waals surface area contributed by atoms with Gasteiger partial charge in [-0.15, -0.1) is 0 Å². The van der Waals surface area contributed by atoms with Gasteiger partial charge in [-0.3, -0.25) is 10.6 Å². The van der Waals surface area contributed by atoms with Crippen molar-refractivity contribution in [1.29, 1.82) is 0 Å². The summed E-state index contributed by atoms with van der Waals surface area (Å²) in [6, 6.07) is 9.13. The summed E-state index contributed by atoms with van der Waals surface area (Å²) in [5, 5.41) is 9.95. The average molecular weight is 288 g/mol. The quantitative estimate of drug-likeness (QED) is 0.551. The van der Waals surface area contributed by atoms with Gasteiger partial charge in [-0.2, -0.15) is 0 Å². The normalized spacial score (nSPS) is 10.6. The van der Waals surface area contributed by atoms with Gasteiger partial charge in [0.15, 0.2) is 0 Å². The Kier molecular flexibility index (Phi) is 5.08. The Labute approximate surface area is 123 Å². The minimum atomic E-state index is -0.201. The van der Waals surface area contributed by atoms with Crippen LogP contribution in [0.4, 0.5) is 5.69 Å². The van der Waals surface area contributed by atoms with Crippen LogP contribution >= 0.6 is 0 Å². The maximum absolute atomic E-state index is 12.5. The lowest BCUT2D eigenvalue weighted by atomic mass is 10.1. The molecule has 2 rings (SSSR count). The summed E-state index contributed by atoms with van der Waals surface area (Å²) in [5.41, 5.74) is 4.29. The Morgan fingerprint density at radius 1 is 1.38 bits per heavy atom. The molecule has 1 aromatic carbocycles. The first-order chi connectivity index (χ1) is 10.2. The fourth-order valence-corrected chi connectivity index (χ4v) is 2.27. The molecule has 112 valence electrons. The number of aliphatic hydroxyl groups is 1. The van der Waals surface area contributed by atoms with Gasteiger partial charge in [0, 0.05) is 18.5 Å². The number of nitrogens with one attached hydrogen (secondary N) is 1. The summed E-state index contributed by atoms with van der Waals surface area (Å²) in [6.07, 6.45) is 0.821. The molecular formula is C15H20N4O2. The van der Waals surface area contributed by atoms with Gasteiger partial charge in [-0.05, 0) is 18.6 Å². The second-order valence-electron chi connectivity index (χ2n) is 4.73. The third-order valence-electron chi connectivity index (χ3n) is 3.24. The minimum absolute atomic E-state index is 0.0681. The molecule has 6 nitrogen and oxygen atoms in total. The highest BCUT2D eigenvalue weighted by Gasteiger charge is 2.17. The van der Waals surface area contributed by atoms with E-state index < -0.39 is 0 Å². The maximum atomic E-state index is 12.5. The number of hydrogen-bond donors (Lipinski definition) is 3. The molecule has 1 amide bonds. The zero-order valence-corrected chi connectivity index (χ0v) is 12.0. The van der Waals surface area contributed by atoms with E-state index in [1.165, 1.54) is 0 Å². The number of carbonyl (C=O) groups excluding carboxylic acids is 1. The number of carbonyl (C=O) groups is 1. The first-order valence-electron chi connectivity index (χ1n) is 6.97. The molecule has 0 atom stereocenters. The molecule has 1 aromatic heterocycles. The number of anilines is 1. The van der Waals surface area contributed by atoms with E-state index >= 15 is 0 Å². The van der Waals surface area contributed by atoms with E-state index in [0.717, 1.165) is 11.8 Å². The largest absolute Gasteiger partial charge is 0.395 e. The van der Waals surface area contributed by atoms with Gasteiger partial charge in [0.1, 0.15) is 5.69 Å². The Hall–Kier alpha value is -2.18. The number of benzene rings is 1. The van der Waals surface area contributed by atoms with Crippen molar-refractivity contribution >= 4 is 22.5 Å². The van der Waals surface area contributed by atoms with Crippen LogP contribution in [0, 0.1) is 0 Å². The number of fused-ring (bicyclic) bond motifs is 1. The molecule has 0 spiro atoms. The summed E-state index contributed by atoms with van der Waals surface area (Å²) in [4.78, 5) is 18.5. The number of para-hydroxylation sites is 1. The number of nitrogens with zero attached hydrogens (tertiary/aromatic N) is 2. The van der Waals surface area contributed by atoms with Crippen LogP contribution in [0.25, 0.3) is 10.9 Å². The third kappa shape index (κ3) is 3.29. The molecule has 0 unspecified atom stereocenters. The van der Waals surface area contributed by atoms with E-state index in [-0.39, 0.29) is 12.5 Å². The van der Waals surface area contributed by atoms with Gasteiger partial charge in [-0.1, -0.05) is 25.1 Å². The predicted molar refractivity (Wildman–Crippen MR) is 82.8 cm³/mol. The number of nitrogen functional groups attached to an aromatic ring is 1. The van der Waals surface area contributed by atoms with Gasteiger partial charge < -0.3 is 15.4 Å². The first-order valence-corrected chi connectivity index (χ1v) is 6.97. The first kappa shape index (κ1) is 15.2. The fraction of sp³-hybridized carbons (Fsp3) is 0.333. The number of aromatic nitrogens is 1. The topological polar surface area (TPSA) is 91.5 Å². The second-order valence-corrected chi connectivity index (χ2v) is 4.73. The molecule has 4 N–H and O–H groups in total. The molecular weight excluding hydrogens is 268 g/mol. The Morgan fingerprint density at radius 2 is 2.14 bits per heavy atom.